The summed E-state index contributed by atoms with van der Waals surface area (Å²) in [7, 11) is 0. The van der Waals surface area contributed by atoms with Gasteiger partial charge in [-0.25, -0.2) is 0 Å². The van der Waals surface area contributed by atoms with Crippen molar-refractivity contribution < 1.29 is 14.3 Å². The second kappa shape index (κ2) is 4.85. The molecule has 0 amide bonds. The van der Waals surface area contributed by atoms with Crippen LogP contribution in [-0.2, 0) is 14.3 Å². The van der Waals surface area contributed by atoms with E-state index in [0.29, 0.717) is 12.4 Å². The van der Waals surface area contributed by atoms with Crippen molar-refractivity contribution in [3.05, 3.63) is 12.3 Å². The fraction of sp³-hybridized carbons (Fsp3) is 0.571. The molecule has 0 N–H and O–H groups in total. The highest BCUT2D eigenvalue weighted by Gasteiger charge is 1.95. The van der Waals surface area contributed by atoms with Gasteiger partial charge in [0.05, 0.1) is 6.61 Å². The number of hydrogen-bond donors (Lipinski definition) is 0. The van der Waals surface area contributed by atoms with Crippen LogP contribution < -0.4 is 0 Å². The Hall–Kier alpha value is -0.990. The van der Waals surface area contributed by atoms with Crippen LogP contribution in [0.25, 0.3) is 0 Å². The third-order valence-electron chi connectivity index (χ3n) is 0.785. The Balaban J connectivity index is 3.30. The molecule has 0 rings (SSSR count). The second-order valence-electron chi connectivity index (χ2n) is 1.75. The highest BCUT2D eigenvalue weighted by molar-refractivity contribution is 5.66. The molecule has 0 atom stereocenters. The van der Waals surface area contributed by atoms with Gasteiger partial charge in [-0.3, -0.25) is 4.79 Å². The van der Waals surface area contributed by atoms with E-state index in [9.17, 15) is 4.79 Å². The van der Waals surface area contributed by atoms with Crippen molar-refractivity contribution in [3.8, 4) is 0 Å². The molecule has 0 aromatic heterocycles. The van der Waals surface area contributed by atoms with Crippen LogP contribution in [0.2, 0.25) is 0 Å². The van der Waals surface area contributed by atoms with Crippen LogP contribution in [0.5, 0.6) is 0 Å². The molecular formula is C7H12O3. The van der Waals surface area contributed by atoms with Crippen LogP contribution in [0.4, 0.5) is 0 Å². The number of carbonyl (C=O) groups is 1. The first-order valence-corrected chi connectivity index (χ1v) is 3.10. The fourth-order valence-electron chi connectivity index (χ4n) is 0.428. The van der Waals surface area contributed by atoms with Crippen LogP contribution in [0.3, 0.4) is 0 Å². The molecular weight excluding hydrogens is 132 g/mol. The quantitative estimate of drug-likeness (QED) is 0.438. The molecule has 3 heteroatoms. The van der Waals surface area contributed by atoms with Gasteiger partial charge in [0.1, 0.15) is 12.4 Å². The molecule has 0 aromatic rings. The SMILES string of the molecule is C=C(COC(C)=O)OCC. The molecule has 10 heavy (non-hydrogen) atoms. The molecule has 0 aliphatic rings. The summed E-state index contributed by atoms with van der Waals surface area (Å²) in [5, 5.41) is 0. The van der Waals surface area contributed by atoms with Gasteiger partial charge in [-0.2, -0.15) is 0 Å². The zero-order valence-corrected chi connectivity index (χ0v) is 6.35. The maximum absolute atomic E-state index is 10.2. The summed E-state index contributed by atoms with van der Waals surface area (Å²) in [6.45, 7) is 7.42. The van der Waals surface area contributed by atoms with Crippen LogP contribution in [0.1, 0.15) is 13.8 Å². The molecule has 0 aliphatic carbocycles. The summed E-state index contributed by atoms with van der Waals surface area (Å²) < 4.78 is 9.51. The monoisotopic (exact) mass is 144 g/mol. The lowest BCUT2D eigenvalue weighted by atomic mass is 10.6. The summed E-state index contributed by atoms with van der Waals surface area (Å²) in [5.41, 5.74) is 0. The van der Waals surface area contributed by atoms with Crippen molar-refractivity contribution in [2.24, 2.45) is 0 Å². The summed E-state index contributed by atoms with van der Waals surface area (Å²) in [6, 6.07) is 0. The first-order chi connectivity index (χ1) is 4.66. The van der Waals surface area contributed by atoms with E-state index in [0.717, 1.165) is 0 Å². The lowest BCUT2D eigenvalue weighted by molar-refractivity contribution is -0.140. The summed E-state index contributed by atoms with van der Waals surface area (Å²) in [5.74, 6) is 0.165. The molecule has 0 saturated carbocycles. The predicted octanol–water partition coefficient (Wildman–Crippen LogP) is 1.10. The maximum atomic E-state index is 10.2. The Morgan fingerprint density at radius 1 is 1.50 bits per heavy atom. The van der Waals surface area contributed by atoms with E-state index in [1.54, 1.807) is 0 Å². The number of esters is 1. The zero-order chi connectivity index (χ0) is 7.98. The van der Waals surface area contributed by atoms with Crippen LogP contribution in [0, 0.1) is 0 Å². The van der Waals surface area contributed by atoms with Crippen LogP contribution in [-0.4, -0.2) is 19.2 Å². The number of hydrogen-bond acceptors (Lipinski definition) is 3. The van der Waals surface area contributed by atoms with Gasteiger partial charge in [0.25, 0.3) is 0 Å². The average molecular weight is 144 g/mol. The first kappa shape index (κ1) is 9.01. The smallest absolute Gasteiger partial charge is 0.303 e. The van der Waals surface area contributed by atoms with Gasteiger partial charge in [-0.1, -0.05) is 6.58 Å². The topological polar surface area (TPSA) is 35.5 Å². The Kier molecular flexibility index (Phi) is 4.37. The molecule has 3 nitrogen and oxygen atoms in total. The van der Waals surface area contributed by atoms with Crippen molar-refractivity contribution >= 4 is 5.97 Å². The molecule has 0 heterocycles. The van der Waals surface area contributed by atoms with Gasteiger partial charge in [-0.15, -0.1) is 0 Å². The van der Waals surface area contributed by atoms with Crippen molar-refractivity contribution in [1.82, 2.24) is 0 Å². The molecule has 0 bridgehead atoms. The summed E-state index contributed by atoms with van der Waals surface area (Å²) in [6.07, 6.45) is 0. The number of ether oxygens (including phenoxy) is 2. The maximum Gasteiger partial charge on any atom is 0.303 e. The third-order valence-corrected chi connectivity index (χ3v) is 0.785. The second-order valence-corrected chi connectivity index (χ2v) is 1.75. The van der Waals surface area contributed by atoms with E-state index >= 15 is 0 Å². The van der Waals surface area contributed by atoms with Crippen molar-refractivity contribution in [2.75, 3.05) is 13.2 Å². The van der Waals surface area contributed by atoms with Crippen molar-refractivity contribution in [1.29, 1.82) is 0 Å². The minimum absolute atomic E-state index is 0.156. The minimum atomic E-state index is -0.319. The molecule has 0 fully saturated rings. The largest absolute Gasteiger partial charge is 0.495 e. The molecule has 58 valence electrons. The standard InChI is InChI=1S/C7H12O3/c1-4-9-6(2)5-10-7(3)8/h2,4-5H2,1,3H3. The van der Waals surface area contributed by atoms with E-state index in [1.165, 1.54) is 6.92 Å². The van der Waals surface area contributed by atoms with E-state index in [1.807, 2.05) is 6.92 Å². The Labute approximate surface area is 60.6 Å². The molecule has 0 spiro atoms. The number of carbonyl (C=O) groups excluding carboxylic acids is 1. The Morgan fingerprint density at radius 3 is 2.50 bits per heavy atom. The van der Waals surface area contributed by atoms with E-state index in [4.69, 9.17) is 4.74 Å². The predicted molar refractivity (Wildman–Crippen MR) is 37.4 cm³/mol. The molecule has 0 radical (unpaired) electrons. The van der Waals surface area contributed by atoms with E-state index < -0.39 is 0 Å². The fourth-order valence-corrected chi connectivity index (χ4v) is 0.428. The Morgan fingerprint density at radius 2 is 2.10 bits per heavy atom. The van der Waals surface area contributed by atoms with Gasteiger partial charge >= 0.3 is 5.97 Å². The zero-order valence-electron chi connectivity index (χ0n) is 6.35. The molecule has 0 aliphatic heterocycles. The molecule has 0 saturated heterocycles. The van der Waals surface area contributed by atoms with Crippen LogP contribution in [0.15, 0.2) is 12.3 Å². The minimum Gasteiger partial charge on any atom is -0.495 e. The third kappa shape index (κ3) is 5.15. The van der Waals surface area contributed by atoms with Gasteiger partial charge in [0.2, 0.25) is 0 Å². The average Bonchev–Trinajstić information content (AvgIpc) is 1.85. The van der Waals surface area contributed by atoms with Crippen molar-refractivity contribution in [3.63, 3.8) is 0 Å². The Bertz CT molecular complexity index is 129. The molecule has 0 aromatic carbocycles. The van der Waals surface area contributed by atoms with Crippen molar-refractivity contribution in [2.45, 2.75) is 13.8 Å². The van der Waals surface area contributed by atoms with Gasteiger partial charge in [0, 0.05) is 6.92 Å². The van der Waals surface area contributed by atoms with Gasteiger partial charge < -0.3 is 9.47 Å². The van der Waals surface area contributed by atoms with E-state index in [-0.39, 0.29) is 12.6 Å². The first-order valence-electron chi connectivity index (χ1n) is 3.10. The lowest BCUT2D eigenvalue weighted by Crippen LogP contribution is -2.04. The number of rotatable bonds is 4. The highest BCUT2D eigenvalue weighted by atomic mass is 16.6. The van der Waals surface area contributed by atoms with Crippen LogP contribution >= 0.6 is 0 Å². The summed E-state index contributed by atoms with van der Waals surface area (Å²) >= 11 is 0. The van der Waals surface area contributed by atoms with Gasteiger partial charge in [0.15, 0.2) is 0 Å². The van der Waals surface area contributed by atoms with Gasteiger partial charge in [-0.05, 0) is 6.92 Å². The molecule has 0 unspecified atom stereocenters. The summed E-state index contributed by atoms with van der Waals surface area (Å²) in [4.78, 5) is 10.2. The normalized spacial score (nSPS) is 8.60. The van der Waals surface area contributed by atoms with E-state index in [2.05, 4.69) is 11.3 Å². The lowest BCUT2D eigenvalue weighted by Gasteiger charge is -2.05. The highest BCUT2D eigenvalue weighted by Crippen LogP contribution is 1.93.